The van der Waals surface area contributed by atoms with Crippen molar-refractivity contribution in [2.24, 2.45) is 0 Å². The minimum Gasteiger partial charge on any atom is -0.395 e. The van der Waals surface area contributed by atoms with Crippen LogP contribution in [0.25, 0.3) is 0 Å². The smallest absolute Gasteiger partial charge is 0.395 e. The maximum absolute atomic E-state index is 13.5. The van der Waals surface area contributed by atoms with Crippen molar-refractivity contribution in [2.45, 2.75) is 44.9 Å². The highest BCUT2D eigenvalue weighted by Crippen LogP contribution is 2.47. The van der Waals surface area contributed by atoms with Crippen molar-refractivity contribution >= 4 is 0 Å². The molecular formula is C17H24F2N2O2. The number of piperazine rings is 1. The average molecular weight is 326 g/mol. The van der Waals surface area contributed by atoms with Crippen LogP contribution in [0.5, 0.6) is 11.5 Å². The molecule has 1 aromatic carbocycles. The summed E-state index contributed by atoms with van der Waals surface area (Å²) in [5.74, 6) is 0.348. The van der Waals surface area contributed by atoms with E-state index < -0.39 is 6.29 Å². The Kier molecular flexibility index (Phi) is 5.02. The molecule has 0 spiro atoms. The molecule has 0 aromatic heterocycles. The second-order valence-corrected chi connectivity index (χ2v) is 6.14. The van der Waals surface area contributed by atoms with E-state index in [2.05, 4.69) is 21.9 Å². The van der Waals surface area contributed by atoms with E-state index in [0.29, 0.717) is 0 Å². The maximum atomic E-state index is 13.5. The minimum absolute atomic E-state index is 0.0936. The molecule has 1 fully saturated rings. The third-order valence-corrected chi connectivity index (χ3v) is 4.49. The van der Waals surface area contributed by atoms with E-state index in [4.69, 9.17) is 4.74 Å². The lowest BCUT2D eigenvalue weighted by atomic mass is 9.97. The number of nitrogens with one attached hydrogen (secondary N) is 1. The van der Waals surface area contributed by atoms with Gasteiger partial charge in [0.15, 0.2) is 11.5 Å². The molecule has 0 saturated carbocycles. The second-order valence-electron chi connectivity index (χ2n) is 6.14. The van der Waals surface area contributed by atoms with Gasteiger partial charge in [0.05, 0.1) is 0 Å². The second kappa shape index (κ2) is 7.01. The van der Waals surface area contributed by atoms with E-state index in [1.807, 2.05) is 6.07 Å². The van der Waals surface area contributed by atoms with E-state index in [9.17, 15) is 8.78 Å². The van der Waals surface area contributed by atoms with Crippen molar-refractivity contribution in [3.63, 3.8) is 0 Å². The molecule has 0 amide bonds. The summed E-state index contributed by atoms with van der Waals surface area (Å²) in [4.78, 5) is 2.36. The zero-order valence-corrected chi connectivity index (χ0v) is 13.5. The Morgan fingerprint density at radius 3 is 2.74 bits per heavy atom. The van der Waals surface area contributed by atoms with Gasteiger partial charge >= 0.3 is 6.29 Å². The molecule has 0 bridgehead atoms. The zero-order valence-electron chi connectivity index (χ0n) is 13.5. The first-order valence-electron chi connectivity index (χ1n) is 8.44. The molecule has 1 N–H and O–H groups in total. The summed E-state index contributed by atoms with van der Waals surface area (Å²) in [7, 11) is 0. The first kappa shape index (κ1) is 16.5. The predicted molar refractivity (Wildman–Crippen MR) is 84.0 cm³/mol. The van der Waals surface area contributed by atoms with Gasteiger partial charge in [-0.15, -0.1) is 8.78 Å². The summed E-state index contributed by atoms with van der Waals surface area (Å²) in [6.45, 7) is 5.84. The lowest BCUT2D eigenvalue weighted by Crippen LogP contribution is -2.45. The molecule has 0 aliphatic carbocycles. The van der Waals surface area contributed by atoms with Gasteiger partial charge in [0, 0.05) is 37.8 Å². The van der Waals surface area contributed by atoms with Crippen molar-refractivity contribution in [2.75, 3.05) is 26.2 Å². The van der Waals surface area contributed by atoms with Crippen LogP contribution in [-0.2, 0) is 0 Å². The fraction of sp³-hybridized carbons (Fsp3) is 0.647. The van der Waals surface area contributed by atoms with Gasteiger partial charge in [-0.05, 0) is 12.5 Å². The molecule has 4 nitrogen and oxygen atoms in total. The van der Waals surface area contributed by atoms with E-state index in [-0.39, 0.29) is 17.5 Å². The number of para-hydroxylation sites is 1. The average Bonchev–Trinajstić information content (AvgIpc) is 2.86. The number of alkyl halides is 2. The Balaban J connectivity index is 1.86. The van der Waals surface area contributed by atoms with Gasteiger partial charge in [0.1, 0.15) is 0 Å². The Morgan fingerprint density at radius 1 is 1.22 bits per heavy atom. The van der Waals surface area contributed by atoms with Crippen LogP contribution >= 0.6 is 0 Å². The Bertz CT molecular complexity index is 533. The van der Waals surface area contributed by atoms with Crippen LogP contribution in [0.4, 0.5) is 8.78 Å². The molecule has 3 rings (SSSR count). The van der Waals surface area contributed by atoms with Gasteiger partial charge in [-0.25, -0.2) is 0 Å². The molecule has 0 radical (unpaired) electrons. The molecule has 6 heteroatoms. The molecule has 128 valence electrons. The number of nitrogens with zero attached hydrogens (tertiary/aromatic N) is 1. The molecule has 23 heavy (non-hydrogen) atoms. The number of rotatable bonds is 6. The van der Waals surface area contributed by atoms with Gasteiger partial charge in [0.2, 0.25) is 0 Å². The molecule has 1 atom stereocenters. The number of benzene rings is 1. The van der Waals surface area contributed by atoms with Crippen molar-refractivity contribution in [1.29, 1.82) is 0 Å². The van der Waals surface area contributed by atoms with Gasteiger partial charge in [-0.1, -0.05) is 38.3 Å². The molecule has 0 unspecified atom stereocenters. The van der Waals surface area contributed by atoms with Gasteiger partial charge in [-0.3, -0.25) is 4.90 Å². The Labute approximate surface area is 135 Å². The number of hydrogen-bond acceptors (Lipinski definition) is 4. The van der Waals surface area contributed by atoms with Crippen LogP contribution in [0.2, 0.25) is 0 Å². The highest BCUT2D eigenvalue weighted by molar-refractivity contribution is 5.50. The summed E-state index contributed by atoms with van der Waals surface area (Å²) < 4.78 is 36.3. The molecule has 2 heterocycles. The molecule has 2 aliphatic rings. The monoisotopic (exact) mass is 326 g/mol. The number of halogens is 2. The molecular weight excluding hydrogens is 302 g/mol. The number of fused-ring (bicyclic) bond motifs is 1. The lowest BCUT2D eigenvalue weighted by Gasteiger charge is -2.35. The third-order valence-electron chi connectivity index (χ3n) is 4.49. The Morgan fingerprint density at radius 2 is 2.00 bits per heavy atom. The van der Waals surface area contributed by atoms with Crippen molar-refractivity contribution in [3.8, 4) is 11.5 Å². The van der Waals surface area contributed by atoms with Crippen molar-refractivity contribution in [1.82, 2.24) is 10.2 Å². The van der Waals surface area contributed by atoms with Crippen molar-refractivity contribution < 1.29 is 18.3 Å². The fourth-order valence-electron chi connectivity index (χ4n) is 3.37. The SMILES string of the molecule is CCCCC[C@@H](c1cccc2c1OC(F)(F)O2)N1CCNCC1. The predicted octanol–water partition coefficient (Wildman–Crippen LogP) is 3.53. The minimum atomic E-state index is -3.56. The van der Waals surface area contributed by atoms with Gasteiger partial charge in [-0.2, -0.15) is 0 Å². The number of hydrogen-bond donors (Lipinski definition) is 1. The van der Waals surface area contributed by atoms with E-state index in [0.717, 1.165) is 57.4 Å². The van der Waals surface area contributed by atoms with Crippen molar-refractivity contribution in [3.05, 3.63) is 23.8 Å². The molecule has 1 aromatic rings. The summed E-state index contributed by atoms with van der Waals surface area (Å²) in [6.07, 6.45) is 0.741. The number of unbranched alkanes of at least 4 members (excludes halogenated alkanes) is 2. The summed E-state index contributed by atoms with van der Waals surface area (Å²) >= 11 is 0. The standard InChI is InChI=1S/C17H24F2N2O2/c1-2-3-4-7-14(21-11-9-20-10-12-21)13-6-5-8-15-16(13)23-17(18,19)22-15/h5-6,8,14,20H,2-4,7,9-12H2,1H3/t14-/m0/s1. The quantitative estimate of drug-likeness (QED) is 0.811. The normalized spacial score (nSPS) is 21.3. The van der Waals surface area contributed by atoms with Crippen LogP contribution in [0, 0.1) is 0 Å². The van der Waals surface area contributed by atoms with Crippen LogP contribution in [0.15, 0.2) is 18.2 Å². The first-order valence-corrected chi connectivity index (χ1v) is 8.44. The summed E-state index contributed by atoms with van der Waals surface area (Å²) in [5, 5.41) is 3.34. The Hall–Kier alpha value is -1.40. The third kappa shape index (κ3) is 3.75. The highest BCUT2D eigenvalue weighted by Gasteiger charge is 2.45. The van der Waals surface area contributed by atoms with E-state index in [1.54, 1.807) is 12.1 Å². The van der Waals surface area contributed by atoms with Crippen LogP contribution in [-0.4, -0.2) is 37.4 Å². The molecule has 1 saturated heterocycles. The van der Waals surface area contributed by atoms with Crippen LogP contribution in [0.3, 0.4) is 0 Å². The topological polar surface area (TPSA) is 33.7 Å². The number of ether oxygens (including phenoxy) is 2. The first-order chi connectivity index (χ1) is 11.1. The van der Waals surface area contributed by atoms with E-state index >= 15 is 0 Å². The summed E-state index contributed by atoms with van der Waals surface area (Å²) in [5.41, 5.74) is 0.817. The highest BCUT2D eigenvalue weighted by atomic mass is 19.3. The zero-order chi connectivity index (χ0) is 16.3. The van der Waals surface area contributed by atoms with Crippen LogP contribution in [0.1, 0.15) is 44.2 Å². The maximum Gasteiger partial charge on any atom is 0.586 e. The fourth-order valence-corrected chi connectivity index (χ4v) is 3.37. The van der Waals surface area contributed by atoms with Gasteiger partial charge < -0.3 is 14.8 Å². The van der Waals surface area contributed by atoms with E-state index in [1.165, 1.54) is 0 Å². The molecule has 2 aliphatic heterocycles. The largest absolute Gasteiger partial charge is 0.586 e. The van der Waals surface area contributed by atoms with Gasteiger partial charge in [0.25, 0.3) is 0 Å². The lowest BCUT2D eigenvalue weighted by molar-refractivity contribution is -0.287. The van der Waals surface area contributed by atoms with Crippen LogP contribution < -0.4 is 14.8 Å². The summed E-state index contributed by atoms with van der Waals surface area (Å²) in [6, 6.07) is 5.30.